The molecule has 0 aromatic carbocycles. The summed E-state index contributed by atoms with van der Waals surface area (Å²) in [4.78, 5) is 8.85. The lowest BCUT2D eigenvalue weighted by Crippen LogP contribution is -2.32. The summed E-state index contributed by atoms with van der Waals surface area (Å²) in [5.41, 5.74) is 0.867. The zero-order chi connectivity index (χ0) is 17.0. The van der Waals surface area contributed by atoms with Crippen molar-refractivity contribution in [1.29, 1.82) is 0 Å². The molecule has 0 spiro atoms. The minimum Gasteiger partial charge on any atom is -0.487 e. The number of nitrogens with zero attached hydrogens (tertiary/aromatic N) is 4. The van der Waals surface area contributed by atoms with Crippen molar-refractivity contribution >= 4 is 29.2 Å². The number of aryl methyl sites for hydroxylation is 1. The van der Waals surface area contributed by atoms with E-state index in [1.54, 1.807) is 6.20 Å². The summed E-state index contributed by atoms with van der Waals surface area (Å²) in [7, 11) is 0. The molecule has 25 heavy (non-hydrogen) atoms. The molecule has 1 saturated carbocycles. The lowest BCUT2D eigenvalue weighted by molar-refractivity contribution is 0.167. The molecule has 3 aliphatic rings. The largest absolute Gasteiger partial charge is 0.487 e. The lowest BCUT2D eigenvalue weighted by Gasteiger charge is -2.19. The Balaban J connectivity index is 1.61. The van der Waals surface area contributed by atoms with Crippen molar-refractivity contribution in [2.75, 3.05) is 30.5 Å². The van der Waals surface area contributed by atoms with Crippen LogP contribution in [0.25, 0.3) is 0 Å². The third-order valence-electron chi connectivity index (χ3n) is 4.86. The fraction of sp³-hybridized carbons (Fsp3) is 0.562. The Morgan fingerprint density at radius 1 is 1.28 bits per heavy atom. The second kappa shape index (κ2) is 5.74. The highest BCUT2D eigenvalue weighted by atomic mass is 35.5. The smallest absolute Gasteiger partial charge is 0.230 e. The molecule has 0 radical (unpaired) electrons. The van der Waals surface area contributed by atoms with Gasteiger partial charge in [0, 0.05) is 5.92 Å². The summed E-state index contributed by atoms with van der Waals surface area (Å²) >= 11 is 6.27. The predicted molar refractivity (Wildman–Crippen MR) is 92.8 cm³/mol. The van der Waals surface area contributed by atoms with Crippen LogP contribution in [0.2, 0.25) is 5.02 Å². The molecular formula is C16H19ClN6O2. The molecule has 2 bridgehead atoms. The molecule has 2 aromatic heterocycles. The lowest BCUT2D eigenvalue weighted by atomic mass is 10.1. The van der Waals surface area contributed by atoms with Crippen molar-refractivity contribution in [3.05, 3.63) is 16.9 Å². The van der Waals surface area contributed by atoms with Gasteiger partial charge in [0.15, 0.2) is 17.4 Å². The Morgan fingerprint density at radius 3 is 3.00 bits per heavy atom. The Hall–Kier alpha value is -2.06. The Morgan fingerprint density at radius 2 is 2.16 bits per heavy atom. The highest BCUT2D eigenvalue weighted by Crippen LogP contribution is 2.42. The Bertz CT molecular complexity index is 821. The van der Waals surface area contributed by atoms with Gasteiger partial charge in [-0.15, -0.1) is 0 Å². The number of aromatic nitrogens is 4. The maximum absolute atomic E-state index is 6.27. The molecule has 2 atom stereocenters. The topological polar surface area (TPSA) is 86.1 Å². The van der Waals surface area contributed by atoms with E-state index in [2.05, 4.69) is 25.7 Å². The number of fused-ring (bicyclic) bond motifs is 4. The van der Waals surface area contributed by atoms with Crippen LogP contribution in [0, 0.1) is 12.8 Å². The van der Waals surface area contributed by atoms with Gasteiger partial charge < -0.3 is 20.1 Å². The van der Waals surface area contributed by atoms with Gasteiger partial charge in [0.05, 0.1) is 38.1 Å². The summed E-state index contributed by atoms with van der Waals surface area (Å²) in [6.07, 6.45) is 3.86. The third kappa shape index (κ3) is 2.69. The molecule has 2 fully saturated rings. The van der Waals surface area contributed by atoms with Crippen molar-refractivity contribution in [1.82, 2.24) is 19.7 Å². The maximum atomic E-state index is 6.27. The molecule has 8 nitrogen and oxygen atoms in total. The van der Waals surface area contributed by atoms with E-state index in [0.717, 1.165) is 30.1 Å². The van der Waals surface area contributed by atoms with E-state index in [-0.39, 0.29) is 12.0 Å². The second-order valence-electron chi connectivity index (χ2n) is 6.81. The molecule has 2 aromatic rings. The van der Waals surface area contributed by atoms with Gasteiger partial charge in [0.2, 0.25) is 5.95 Å². The molecule has 0 amide bonds. The summed E-state index contributed by atoms with van der Waals surface area (Å²) in [5.74, 6) is 2.86. The van der Waals surface area contributed by atoms with Crippen LogP contribution >= 0.6 is 11.6 Å². The van der Waals surface area contributed by atoms with Crippen LogP contribution in [0.1, 0.15) is 24.6 Å². The molecular weight excluding hydrogens is 344 g/mol. The van der Waals surface area contributed by atoms with Crippen molar-refractivity contribution < 1.29 is 9.47 Å². The minimum atomic E-state index is 0.0978. The van der Waals surface area contributed by atoms with Crippen LogP contribution in [-0.4, -0.2) is 45.6 Å². The zero-order valence-corrected chi connectivity index (χ0v) is 14.6. The van der Waals surface area contributed by atoms with Crippen molar-refractivity contribution in [3.63, 3.8) is 0 Å². The van der Waals surface area contributed by atoms with E-state index in [4.69, 9.17) is 21.1 Å². The number of nitrogens with one attached hydrogen (secondary N) is 2. The van der Waals surface area contributed by atoms with E-state index in [1.807, 2.05) is 11.6 Å². The van der Waals surface area contributed by atoms with Crippen LogP contribution in [0.15, 0.2) is 6.20 Å². The Labute approximate surface area is 149 Å². The highest BCUT2D eigenvalue weighted by Gasteiger charge is 2.34. The fourth-order valence-electron chi connectivity index (χ4n) is 3.33. The molecule has 9 heteroatoms. The first-order valence-corrected chi connectivity index (χ1v) is 8.92. The average molecular weight is 363 g/mol. The second-order valence-corrected chi connectivity index (χ2v) is 7.22. The summed E-state index contributed by atoms with van der Waals surface area (Å²) < 4.78 is 13.8. The molecule has 4 heterocycles. The monoisotopic (exact) mass is 362 g/mol. The van der Waals surface area contributed by atoms with Gasteiger partial charge >= 0.3 is 0 Å². The van der Waals surface area contributed by atoms with E-state index in [0.29, 0.717) is 42.7 Å². The molecule has 2 N–H and O–H groups in total. The number of hydrogen-bond donors (Lipinski definition) is 2. The van der Waals surface area contributed by atoms with Gasteiger partial charge in [-0.2, -0.15) is 10.1 Å². The van der Waals surface area contributed by atoms with Gasteiger partial charge in [-0.1, -0.05) is 11.6 Å². The van der Waals surface area contributed by atoms with Crippen LogP contribution in [0.3, 0.4) is 0 Å². The molecule has 0 unspecified atom stereocenters. The number of rotatable bonds is 1. The SMILES string of the molecule is Cc1nn(C2CC2)c2c1OC[C@@H]1COC[C@H]1Nc1nc(ncc1Cl)N2. The van der Waals surface area contributed by atoms with E-state index < -0.39 is 0 Å². The molecule has 132 valence electrons. The van der Waals surface area contributed by atoms with Crippen molar-refractivity contribution in [3.8, 4) is 5.75 Å². The predicted octanol–water partition coefficient (Wildman–Crippen LogP) is 2.53. The molecule has 2 aliphatic heterocycles. The van der Waals surface area contributed by atoms with Crippen LogP contribution < -0.4 is 15.4 Å². The standard InChI is InChI=1S/C16H19ClN6O2/c1-8-13-15(23(22-8)10-2-3-10)21-16-18-4-11(17)14(20-16)19-12-7-24-5-9(12)6-25-13/h4,9-10,12H,2-3,5-7H2,1H3,(H2,18,19,20,21)/t9-,12+/m0/s1. The number of hydrogen-bond acceptors (Lipinski definition) is 7. The summed E-state index contributed by atoms with van der Waals surface area (Å²) in [6, 6.07) is 0.511. The number of anilines is 3. The normalized spacial score (nSPS) is 25.0. The minimum absolute atomic E-state index is 0.0978. The molecule has 5 rings (SSSR count). The first kappa shape index (κ1) is 15.2. The average Bonchev–Trinajstić information content (AvgIpc) is 3.28. The van der Waals surface area contributed by atoms with E-state index in [9.17, 15) is 0 Å². The van der Waals surface area contributed by atoms with Gasteiger partial charge in [-0.3, -0.25) is 0 Å². The summed E-state index contributed by atoms with van der Waals surface area (Å²) in [6.45, 7) is 3.76. The third-order valence-corrected chi connectivity index (χ3v) is 5.14. The number of ether oxygens (including phenoxy) is 2. The zero-order valence-electron chi connectivity index (χ0n) is 13.8. The van der Waals surface area contributed by atoms with Crippen LogP contribution in [0.5, 0.6) is 5.75 Å². The Kier molecular flexibility index (Phi) is 3.49. The van der Waals surface area contributed by atoms with Crippen molar-refractivity contribution in [2.45, 2.75) is 31.8 Å². The fourth-order valence-corrected chi connectivity index (χ4v) is 3.47. The number of halogens is 1. The molecule has 1 saturated heterocycles. The first-order chi connectivity index (χ1) is 12.2. The van der Waals surface area contributed by atoms with Gasteiger partial charge in [0.1, 0.15) is 10.7 Å². The summed E-state index contributed by atoms with van der Waals surface area (Å²) in [5, 5.41) is 11.8. The quantitative estimate of drug-likeness (QED) is 0.806. The first-order valence-electron chi connectivity index (χ1n) is 8.55. The van der Waals surface area contributed by atoms with Gasteiger partial charge in [0.25, 0.3) is 0 Å². The van der Waals surface area contributed by atoms with Gasteiger partial charge in [-0.05, 0) is 19.8 Å². The van der Waals surface area contributed by atoms with E-state index >= 15 is 0 Å². The maximum Gasteiger partial charge on any atom is 0.230 e. The van der Waals surface area contributed by atoms with E-state index in [1.165, 1.54) is 0 Å². The molecule has 1 aliphatic carbocycles. The highest BCUT2D eigenvalue weighted by molar-refractivity contribution is 6.32. The van der Waals surface area contributed by atoms with Crippen molar-refractivity contribution in [2.24, 2.45) is 5.92 Å². The van der Waals surface area contributed by atoms with Gasteiger partial charge in [-0.25, -0.2) is 9.67 Å². The van der Waals surface area contributed by atoms with Crippen LogP contribution in [-0.2, 0) is 4.74 Å². The van der Waals surface area contributed by atoms with Crippen LogP contribution in [0.4, 0.5) is 17.6 Å².